The van der Waals surface area contributed by atoms with Crippen molar-refractivity contribution in [3.05, 3.63) is 52.5 Å². The highest BCUT2D eigenvalue weighted by Crippen LogP contribution is 2.31. The number of halogens is 2. The minimum Gasteiger partial charge on any atom is -0.354 e. The van der Waals surface area contributed by atoms with Gasteiger partial charge in [-0.15, -0.1) is 0 Å². The van der Waals surface area contributed by atoms with Crippen LogP contribution in [0.3, 0.4) is 0 Å². The summed E-state index contributed by atoms with van der Waals surface area (Å²) in [4.78, 5) is 11.6. The van der Waals surface area contributed by atoms with E-state index in [1.807, 2.05) is 38.1 Å². The van der Waals surface area contributed by atoms with Crippen LogP contribution in [0.25, 0.3) is 0 Å². The molecule has 3 N–H and O–H groups in total. The highest BCUT2D eigenvalue weighted by atomic mass is 35.5. The van der Waals surface area contributed by atoms with Crippen molar-refractivity contribution < 1.29 is 4.79 Å². The Balaban J connectivity index is 2.03. The zero-order chi connectivity index (χ0) is 16.1. The third kappa shape index (κ3) is 4.55. The molecule has 2 aromatic carbocycles. The van der Waals surface area contributed by atoms with E-state index in [1.54, 1.807) is 18.2 Å². The van der Waals surface area contributed by atoms with Crippen molar-refractivity contribution in [3.63, 3.8) is 0 Å². The lowest BCUT2D eigenvalue weighted by molar-refractivity contribution is 0.250. The molecule has 0 bridgehead atoms. The van der Waals surface area contributed by atoms with Crippen LogP contribution in [0.4, 0.5) is 21.9 Å². The molecule has 0 radical (unpaired) electrons. The summed E-state index contributed by atoms with van der Waals surface area (Å²) in [5.74, 6) is 0. The van der Waals surface area contributed by atoms with E-state index in [2.05, 4.69) is 16.0 Å². The van der Waals surface area contributed by atoms with Crippen molar-refractivity contribution in [2.45, 2.75) is 19.9 Å². The molecular formula is C16H17Cl2N3O. The maximum Gasteiger partial charge on any atom is 0.319 e. The Morgan fingerprint density at radius 3 is 2.27 bits per heavy atom. The smallest absolute Gasteiger partial charge is 0.319 e. The summed E-state index contributed by atoms with van der Waals surface area (Å²) >= 11 is 12.1. The molecule has 116 valence electrons. The zero-order valence-electron chi connectivity index (χ0n) is 12.3. The van der Waals surface area contributed by atoms with Gasteiger partial charge in [-0.2, -0.15) is 0 Å². The van der Waals surface area contributed by atoms with Gasteiger partial charge in [0.1, 0.15) is 0 Å². The molecule has 0 fully saturated rings. The van der Waals surface area contributed by atoms with E-state index in [4.69, 9.17) is 23.2 Å². The van der Waals surface area contributed by atoms with Crippen LogP contribution in [0.15, 0.2) is 42.5 Å². The summed E-state index contributed by atoms with van der Waals surface area (Å²) in [5, 5.41) is 9.67. The molecule has 0 heterocycles. The van der Waals surface area contributed by atoms with Crippen molar-refractivity contribution in [2.75, 3.05) is 10.6 Å². The molecule has 0 saturated heterocycles. The Kier molecular flexibility index (Phi) is 5.52. The van der Waals surface area contributed by atoms with Crippen LogP contribution in [0.1, 0.15) is 13.8 Å². The third-order valence-corrected chi connectivity index (χ3v) is 3.61. The average molecular weight is 338 g/mol. The third-order valence-electron chi connectivity index (χ3n) is 2.79. The molecule has 6 heteroatoms. The van der Waals surface area contributed by atoms with Gasteiger partial charge in [-0.1, -0.05) is 29.3 Å². The second kappa shape index (κ2) is 7.38. The minimum atomic E-state index is -0.228. The summed E-state index contributed by atoms with van der Waals surface area (Å²) < 4.78 is 0. The average Bonchev–Trinajstić information content (AvgIpc) is 2.45. The molecule has 2 amide bonds. The SMILES string of the molecule is CC(C)NC(=O)Nc1ccc(Nc2cccc(Cl)c2Cl)cc1. The van der Waals surface area contributed by atoms with Gasteiger partial charge in [0, 0.05) is 17.4 Å². The number of urea groups is 1. The van der Waals surface area contributed by atoms with E-state index in [9.17, 15) is 4.79 Å². The molecule has 0 aliphatic rings. The van der Waals surface area contributed by atoms with Crippen molar-refractivity contribution in [3.8, 4) is 0 Å². The number of anilines is 3. The number of amides is 2. The lowest BCUT2D eigenvalue weighted by atomic mass is 10.2. The maximum atomic E-state index is 11.6. The van der Waals surface area contributed by atoms with Crippen LogP contribution < -0.4 is 16.0 Å². The standard InChI is InChI=1S/C16H17Cl2N3O/c1-10(2)19-16(22)21-12-8-6-11(7-9-12)20-14-5-3-4-13(17)15(14)18/h3-10,20H,1-2H3,(H2,19,21,22). The van der Waals surface area contributed by atoms with Gasteiger partial charge in [0.25, 0.3) is 0 Å². The van der Waals surface area contributed by atoms with Gasteiger partial charge in [-0.25, -0.2) is 4.79 Å². The quantitative estimate of drug-likeness (QED) is 0.712. The number of rotatable bonds is 4. The molecule has 2 rings (SSSR count). The highest BCUT2D eigenvalue weighted by Gasteiger charge is 2.06. The Bertz CT molecular complexity index is 657. The first-order valence-corrected chi connectivity index (χ1v) is 7.60. The largest absolute Gasteiger partial charge is 0.354 e. The van der Waals surface area contributed by atoms with Gasteiger partial charge in [-0.3, -0.25) is 0 Å². The second-order valence-electron chi connectivity index (χ2n) is 5.06. The van der Waals surface area contributed by atoms with Gasteiger partial charge < -0.3 is 16.0 Å². The van der Waals surface area contributed by atoms with Crippen LogP contribution in [-0.4, -0.2) is 12.1 Å². The van der Waals surface area contributed by atoms with Crippen LogP contribution in [-0.2, 0) is 0 Å². The molecule has 0 aliphatic heterocycles. The predicted octanol–water partition coefficient (Wildman–Crippen LogP) is 5.27. The van der Waals surface area contributed by atoms with E-state index in [1.165, 1.54) is 0 Å². The van der Waals surface area contributed by atoms with Crippen LogP contribution in [0.2, 0.25) is 10.0 Å². The molecule has 0 saturated carbocycles. The van der Waals surface area contributed by atoms with Crippen LogP contribution in [0, 0.1) is 0 Å². The molecule has 2 aromatic rings. The van der Waals surface area contributed by atoms with Gasteiger partial charge >= 0.3 is 6.03 Å². The van der Waals surface area contributed by atoms with Crippen LogP contribution >= 0.6 is 23.2 Å². The topological polar surface area (TPSA) is 53.2 Å². The van der Waals surface area contributed by atoms with E-state index in [0.29, 0.717) is 15.7 Å². The van der Waals surface area contributed by atoms with E-state index in [-0.39, 0.29) is 12.1 Å². The van der Waals surface area contributed by atoms with Crippen molar-refractivity contribution in [1.29, 1.82) is 0 Å². The molecule has 22 heavy (non-hydrogen) atoms. The molecule has 0 aromatic heterocycles. The van der Waals surface area contributed by atoms with Gasteiger partial charge in [0.15, 0.2) is 0 Å². The fraction of sp³-hybridized carbons (Fsp3) is 0.188. The van der Waals surface area contributed by atoms with Gasteiger partial charge in [0.2, 0.25) is 0 Å². The molecular weight excluding hydrogens is 321 g/mol. The summed E-state index contributed by atoms with van der Waals surface area (Å²) in [5.41, 5.74) is 2.28. The minimum absolute atomic E-state index is 0.0888. The predicted molar refractivity (Wildman–Crippen MR) is 93.5 cm³/mol. The summed E-state index contributed by atoms with van der Waals surface area (Å²) in [7, 11) is 0. The second-order valence-corrected chi connectivity index (χ2v) is 5.84. The fourth-order valence-electron chi connectivity index (χ4n) is 1.82. The molecule has 0 unspecified atom stereocenters. The Morgan fingerprint density at radius 1 is 1.00 bits per heavy atom. The molecule has 0 atom stereocenters. The number of carbonyl (C=O) groups excluding carboxylic acids is 1. The van der Waals surface area contributed by atoms with Crippen LogP contribution in [0.5, 0.6) is 0 Å². The zero-order valence-corrected chi connectivity index (χ0v) is 13.8. The van der Waals surface area contributed by atoms with Gasteiger partial charge in [-0.05, 0) is 50.2 Å². The molecule has 4 nitrogen and oxygen atoms in total. The summed E-state index contributed by atoms with van der Waals surface area (Å²) in [6.45, 7) is 3.81. The normalized spacial score (nSPS) is 10.4. The number of carbonyl (C=O) groups is 1. The lowest BCUT2D eigenvalue weighted by Crippen LogP contribution is -2.34. The van der Waals surface area contributed by atoms with Crippen molar-refractivity contribution in [2.24, 2.45) is 0 Å². The van der Waals surface area contributed by atoms with Crippen molar-refractivity contribution in [1.82, 2.24) is 5.32 Å². The van der Waals surface area contributed by atoms with E-state index < -0.39 is 0 Å². The first kappa shape index (κ1) is 16.5. The van der Waals surface area contributed by atoms with E-state index >= 15 is 0 Å². The maximum absolute atomic E-state index is 11.6. The Hall–Kier alpha value is -1.91. The number of hydrogen-bond donors (Lipinski definition) is 3. The fourth-order valence-corrected chi connectivity index (χ4v) is 2.17. The first-order chi connectivity index (χ1) is 10.5. The molecule has 0 aliphatic carbocycles. The number of nitrogens with one attached hydrogen (secondary N) is 3. The Labute approximate surface area is 139 Å². The first-order valence-electron chi connectivity index (χ1n) is 6.84. The monoisotopic (exact) mass is 337 g/mol. The summed E-state index contributed by atoms with van der Waals surface area (Å²) in [6.07, 6.45) is 0. The molecule has 0 spiro atoms. The number of benzene rings is 2. The summed E-state index contributed by atoms with van der Waals surface area (Å²) in [6, 6.07) is 12.6. The highest BCUT2D eigenvalue weighted by molar-refractivity contribution is 6.43. The van der Waals surface area contributed by atoms with Gasteiger partial charge in [0.05, 0.1) is 15.7 Å². The van der Waals surface area contributed by atoms with E-state index in [0.717, 1.165) is 11.4 Å². The van der Waals surface area contributed by atoms with Crippen molar-refractivity contribution >= 4 is 46.3 Å². The number of hydrogen-bond acceptors (Lipinski definition) is 2. The Morgan fingerprint density at radius 2 is 1.64 bits per heavy atom. The lowest BCUT2D eigenvalue weighted by Gasteiger charge is -2.12.